The Morgan fingerprint density at radius 3 is 2.46 bits per heavy atom. The molecule has 2 atom stereocenters. The van der Waals surface area contributed by atoms with Crippen LogP contribution in [0.5, 0.6) is 0 Å². The summed E-state index contributed by atoms with van der Waals surface area (Å²) in [5.41, 5.74) is 2.23. The van der Waals surface area contributed by atoms with Gasteiger partial charge in [0, 0.05) is 24.9 Å². The third-order valence-corrected chi connectivity index (χ3v) is 5.05. The Bertz CT molecular complexity index is 673. The van der Waals surface area contributed by atoms with E-state index in [1.54, 1.807) is 0 Å². The molecule has 0 radical (unpaired) electrons. The standard InChI is InChI=1S/C19H25N3O2/c1-13-7-4-5-10-17(13)22-18(23)12-11-16(20-22)19(24)21-14(2)8-6-9-15(21)3/h4-5,7,10,14-15H,6,8-9,11-12H2,1-3H3/t14-,15+. The molecule has 3 rings (SSSR count). The number of rotatable bonds is 2. The SMILES string of the molecule is Cc1ccccc1N1N=C(C(=O)N2[C@H](C)CCC[C@@H]2C)CCC1=O. The van der Waals surface area contributed by atoms with Crippen molar-refractivity contribution in [2.45, 2.75) is 65.0 Å². The summed E-state index contributed by atoms with van der Waals surface area (Å²) in [7, 11) is 0. The minimum atomic E-state index is -0.0550. The number of hydrazone groups is 1. The zero-order valence-corrected chi connectivity index (χ0v) is 14.7. The van der Waals surface area contributed by atoms with Gasteiger partial charge in [-0.15, -0.1) is 0 Å². The molecule has 1 aromatic carbocycles. The van der Waals surface area contributed by atoms with Crippen LogP contribution in [-0.2, 0) is 9.59 Å². The molecule has 0 spiro atoms. The Balaban J connectivity index is 1.90. The molecule has 0 bridgehead atoms. The lowest BCUT2D eigenvalue weighted by atomic mass is 9.96. The van der Waals surface area contributed by atoms with Crippen molar-refractivity contribution in [2.75, 3.05) is 5.01 Å². The van der Waals surface area contributed by atoms with Crippen LogP contribution < -0.4 is 5.01 Å². The van der Waals surface area contributed by atoms with Gasteiger partial charge in [-0.25, -0.2) is 5.01 Å². The topological polar surface area (TPSA) is 53.0 Å². The molecule has 128 valence electrons. The average Bonchev–Trinajstić information content (AvgIpc) is 2.56. The Morgan fingerprint density at radius 1 is 1.12 bits per heavy atom. The van der Waals surface area contributed by atoms with Crippen LogP contribution in [0, 0.1) is 6.92 Å². The van der Waals surface area contributed by atoms with E-state index in [1.807, 2.05) is 36.1 Å². The number of likely N-dealkylation sites (tertiary alicyclic amines) is 1. The molecule has 1 fully saturated rings. The lowest BCUT2D eigenvalue weighted by molar-refractivity contribution is -0.130. The molecule has 2 aliphatic rings. The largest absolute Gasteiger partial charge is 0.332 e. The predicted molar refractivity (Wildman–Crippen MR) is 95.0 cm³/mol. The van der Waals surface area contributed by atoms with Crippen molar-refractivity contribution >= 4 is 23.2 Å². The van der Waals surface area contributed by atoms with Gasteiger partial charge in [-0.1, -0.05) is 18.2 Å². The number of benzene rings is 1. The average molecular weight is 327 g/mol. The summed E-state index contributed by atoms with van der Waals surface area (Å²) in [4.78, 5) is 27.3. The van der Waals surface area contributed by atoms with E-state index < -0.39 is 0 Å². The Morgan fingerprint density at radius 2 is 1.79 bits per heavy atom. The maximum atomic E-state index is 13.0. The van der Waals surface area contributed by atoms with Crippen LogP contribution in [0.15, 0.2) is 29.4 Å². The number of hydrogen-bond acceptors (Lipinski definition) is 3. The molecule has 0 aliphatic carbocycles. The van der Waals surface area contributed by atoms with Gasteiger partial charge in [0.2, 0.25) is 5.91 Å². The van der Waals surface area contributed by atoms with Crippen molar-refractivity contribution in [1.29, 1.82) is 0 Å². The second-order valence-corrected chi connectivity index (χ2v) is 6.88. The van der Waals surface area contributed by atoms with E-state index in [9.17, 15) is 9.59 Å². The lowest BCUT2D eigenvalue weighted by Crippen LogP contribution is -2.51. The molecular weight excluding hydrogens is 302 g/mol. The van der Waals surface area contributed by atoms with Crippen LogP contribution in [0.25, 0.3) is 0 Å². The van der Waals surface area contributed by atoms with Crippen molar-refractivity contribution in [3.05, 3.63) is 29.8 Å². The second-order valence-electron chi connectivity index (χ2n) is 6.88. The lowest BCUT2D eigenvalue weighted by Gasteiger charge is -2.39. The molecular formula is C19H25N3O2. The highest BCUT2D eigenvalue weighted by atomic mass is 16.2. The first-order valence-electron chi connectivity index (χ1n) is 8.77. The van der Waals surface area contributed by atoms with Crippen molar-refractivity contribution in [3.8, 4) is 0 Å². The van der Waals surface area contributed by atoms with Crippen LogP contribution in [0.1, 0.15) is 51.5 Å². The zero-order valence-electron chi connectivity index (χ0n) is 14.7. The highest BCUT2D eigenvalue weighted by Gasteiger charge is 2.34. The first-order valence-corrected chi connectivity index (χ1v) is 8.77. The summed E-state index contributed by atoms with van der Waals surface area (Å²) in [5.74, 6) is -0.0682. The molecule has 1 aromatic rings. The molecule has 0 saturated carbocycles. The van der Waals surface area contributed by atoms with Crippen LogP contribution in [0.3, 0.4) is 0 Å². The highest BCUT2D eigenvalue weighted by molar-refractivity contribution is 6.40. The van der Waals surface area contributed by atoms with Gasteiger partial charge in [0.25, 0.3) is 5.91 Å². The van der Waals surface area contributed by atoms with Gasteiger partial charge in [-0.05, 0) is 51.7 Å². The number of piperidine rings is 1. The summed E-state index contributed by atoms with van der Waals surface area (Å²) < 4.78 is 0. The maximum Gasteiger partial charge on any atom is 0.270 e. The van der Waals surface area contributed by atoms with E-state index in [0.717, 1.165) is 30.5 Å². The van der Waals surface area contributed by atoms with Gasteiger partial charge in [-0.2, -0.15) is 5.10 Å². The van der Waals surface area contributed by atoms with Crippen molar-refractivity contribution < 1.29 is 9.59 Å². The number of carbonyl (C=O) groups excluding carboxylic acids is 2. The minimum absolute atomic E-state index is 0.0132. The molecule has 1 saturated heterocycles. The molecule has 2 amide bonds. The fraction of sp³-hybridized carbons (Fsp3) is 0.526. The zero-order chi connectivity index (χ0) is 17.3. The maximum absolute atomic E-state index is 13.0. The monoisotopic (exact) mass is 327 g/mol. The molecule has 0 aromatic heterocycles. The van der Waals surface area contributed by atoms with E-state index in [-0.39, 0.29) is 23.9 Å². The first kappa shape index (κ1) is 16.7. The van der Waals surface area contributed by atoms with Crippen molar-refractivity contribution in [2.24, 2.45) is 5.10 Å². The van der Waals surface area contributed by atoms with Crippen molar-refractivity contribution in [1.82, 2.24) is 4.90 Å². The summed E-state index contributed by atoms with van der Waals surface area (Å²) in [6, 6.07) is 8.09. The van der Waals surface area contributed by atoms with Crippen LogP contribution in [0.2, 0.25) is 0 Å². The normalized spacial score (nSPS) is 24.8. The molecule has 2 heterocycles. The molecule has 0 N–H and O–H groups in total. The van der Waals surface area contributed by atoms with Gasteiger partial charge >= 0.3 is 0 Å². The van der Waals surface area contributed by atoms with E-state index in [0.29, 0.717) is 18.6 Å². The van der Waals surface area contributed by atoms with E-state index >= 15 is 0 Å². The number of para-hydroxylation sites is 1. The van der Waals surface area contributed by atoms with Crippen LogP contribution in [-0.4, -0.2) is 34.5 Å². The van der Waals surface area contributed by atoms with Gasteiger partial charge in [0.1, 0.15) is 5.71 Å². The van der Waals surface area contributed by atoms with E-state index in [2.05, 4.69) is 18.9 Å². The van der Waals surface area contributed by atoms with Gasteiger partial charge in [-0.3, -0.25) is 9.59 Å². The fourth-order valence-electron chi connectivity index (χ4n) is 3.67. The summed E-state index contributed by atoms with van der Waals surface area (Å²) in [6.45, 7) is 6.14. The highest BCUT2D eigenvalue weighted by Crippen LogP contribution is 2.27. The number of hydrogen-bond donors (Lipinski definition) is 0. The predicted octanol–water partition coefficient (Wildman–Crippen LogP) is 3.27. The molecule has 5 heteroatoms. The third kappa shape index (κ3) is 3.07. The van der Waals surface area contributed by atoms with Crippen LogP contribution in [0.4, 0.5) is 5.69 Å². The smallest absolute Gasteiger partial charge is 0.270 e. The Labute approximate surface area is 143 Å². The second kappa shape index (κ2) is 6.75. The quantitative estimate of drug-likeness (QED) is 0.837. The number of carbonyl (C=O) groups is 2. The molecule has 2 aliphatic heterocycles. The van der Waals surface area contributed by atoms with Gasteiger partial charge in [0.15, 0.2) is 0 Å². The van der Waals surface area contributed by atoms with Gasteiger partial charge in [0.05, 0.1) is 5.69 Å². The number of amides is 2. The summed E-state index contributed by atoms with van der Waals surface area (Å²) in [6.07, 6.45) is 3.98. The summed E-state index contributed by atoms with van der Waals surface area (Å²) in [5, 5.41) is 5.86. The molecule has 24 heavy (non-hydrogen) atoms. The number of aryl methyl sites for hydroxylation is 1. The number of anilines is 1. The van der Waals surface area contributed by atoms with Crippen LogP contribution >= 0.6 is 0 Å². The minimum Gasteiger partial charge on any atom is -0.332 e. The first-order chi connectivity index (χ1) is 11.5. The van der Waals surface area contributed by atoms with Crippen molar-refractivity contribution in [3.63, 3.8) is 0 Å². The fourth-order valence-corrected chi connectivity index (χ4v) is 3.67. The van der Waals surface area contributed by atoms with E-state index in [1.165, 1.54) is 5.01 Å². The van der Waals surface area contributed by atoms with Gasteiger partial charge < -0.3 is 4.90 Å². The molecule has 0 unspecified atom stereocenters. The number of nitrogens with zero attached hydrogens (tertiary/aromatic N) is 3. The molecule has 5 nitrogen and oxygen atoms in total. The Hall–Kier alpha value is -2.17. The van der Waals surface area contributed by atoms with E-state index in [4.69, 9.17) is 0 Å². The summed E-state index contributed by atoms with van der Waals surface area (Å²) >= 11 is 0. The Kier molecular flexibility index (Phi) is 4.69. The third-order valence-electron chi connectivity index (χ3n) is 5.05.